The number of likely N-dealkylation sites (tertiary alicyclic amines) is 1. The zero-order chi connectivity index (χ0) is 19.3. The minimum atomic E-state index is 0.183. The van der Waals surface area contributed by atoms with Crippen molar-refractivity contribution in [1.82, 2.24) is 15.2 Å². The summed E-state index contributed by atoms with van der Waals surface area (Å²) in [6.07, 6.45) is 6.94. The van der Waals surface area contributed by atoms with E-state index in [0.29, 0.717) is 18.1 Å². The molecule has 0 unspecified atom stereocenters. The normalized spacial score (nSPS) is 34.3. The molecule has 3 fully saturated rings. The molecule has 3 heterocycles. The van der Waals surface area contributed by atoms with E-state index in [0.717, 1.165) is 29.8 Å². The minimum absolute atomic E-state index is 0.183. The van der Waals surface area contributed by atoms with E-state index in [9.17, 15) is 4.79 Å². The topological polar surface area (TPSA) is 45.2 Å². The molecule has 1 aliphatic carbocycles. The van der Waals surface area contributed by atoms with Crippen molar-refractivity contribution < 1.29 is 4.79 Å². The number of hydrogen-bond donors (Lipinski definition) is 1. The van der Waals surface area contributed by atoms with Gasteiger partial charge in [-0.2, -0.15) is 0 Å². The van der Waals surface area contributed by atoms with Gasteiger partial charge >= 0.3 is 0 Å². The summed E-state index contributed by atoms with van der Waals surface area (Å²) < 4.78 is 0. The highest BCUT2D eigenvalue weighted by molar-refractivity contribution is 7.11. The van der Waals surface area contributed by atoms with Crippen molar-refractivity contribution in [2.45, 2.75) is 76.5 Å². The average Bonchev–Trinajstić information content (AvgIpc) is 3.18. The van der Waals surface area contributed by atoms with Crippen LogP contribution in [0.25, 0.3) is 0 Å². The maximum absolute atomic E-state index is 13.7. The van der Waals surface area contributed by atoms with E-state index in [2.05, 4.69) is 52.5 Å². The summed E-state index contributed by atoms with van der Waals surface area (Å²) in [5.41, 5.74) is 4.22. The second-order valence-electron chi connectivity index (χ2n) is 9.07. The van der Waals surface area contributed by atoms with Crippen molar-refractivity contribution in [3.05, 3.63) is 52.0 Å². The zero-order valence-corrected chi connectivity index (χ0v) is 17.5. The summed E-state index contributed by atoms with van der Waals surface area (Å²) in [7, 11) is 0. The summed E-state index contributed by atoms with van der Waals surface area (Å²) in [6, 6.07) is 12.2. The summed E-state index contributed by atoms with van der Waals surface area (Å²) in [4.78, 5) is 21.2. The number of benzene rings is 1. The quantitative estimate of drug-likeness (QED) is 0.847. The molecule has 5 atom stereocenters. The molecule has 5 heteroatoms. The number of rotatable bonds is 3. The highest BCUT2D eigenvalue weighted by Gasteiger charge is 2.60. The molecule has 28 heavy (non-hydrogen) atoms. The van der Waals surface area contributed by atoms with E-state index in [4.69, 9.17) is 0 Å². The summed E-state index contributed by atoms with van der Waals surface area (Å²) >= 11 is 1.50. The number of piperidine rings is 1. The van der Waals surface area contributed by atoms with E-state index in [1.165, 1.54) is 36.2 Å². The summed E-state index contributed by atoms with van der Waals surface area (Å²) in [5, 5.41) is 4.01. The highest BCUT2D eigenvalue weighted by Crippen LogP contribution is 2.52. The molecule has 1 N–H and O–H groups in total. The molecule has 2 aromatic rings. The van der Waals surface area contributed by atoms with Crippen molar-refractivity contribution >= 4 is 17.2 Å². The van der Waals surface area contributed by atoms with Gasteiger partial charge in [-0.3, -0.25) is 4.79 Å². The standard InChI is InChI=1S/C23H29N3OS/c1-15-21(28-14-24-15)22(27)26-18-13-23(2)19(10-6-7-11-20(23)26)25-17(18)12-16-8-4-3-5-9-16/h3-5,8-9,14,17-20,25H,6-7,10-13H2,1-2H3/t17-,18-,19+,20-,23+/m0/s1. The Morgan fingerprint density at radius 3 is 2.82 bits per heavy atom. The zero-order valence-electron chi connectivity index (χ0n) is 16.7. The van der Waals surface area contributed by atoms with Gasteiger partial charge in [-0.15, -0.1) is 11.3 Å². The lowest BCUT2D eigenvalue weighted by Crippen LogP contribution is -2.57. The van der Waals surface area contributed by atoms with E-state index in [1.54, 1.807) is 0 Å². The molecule has 1 aromatic carbocycles. The fourth-order valence-electron chi connectivity index (χ4n) is 6.05. The van der Waals surface area contributed by atoms with E-state index in [1.807, 2.05) is 12.4 Å². The Hall–Kier alpha value is -1.72. The van der Waals surface area contributed by atoms with Crippen LogP contribution in [0.4, 0.5) is 0 Å². The number of amides is 1. The van der Waals surface area contributed by atoms with Crippen LogP contribution < -0.4 is 5.32 Å². The average molecular weight is 396 g/mol. The number of fused-ring (bicyclic) bond motifs is 1. The van der Waals surface area contributed by atoms with E-state index in [-0.39, 0.29) is 17.4 Å². The van der Waals surface area contributed by atoms with Crippen LogP contribution in [0.5, 0.6) is 0 Å². The molecule has 2 bridgehead atoms. The van der Waals surface area contributed by atoms with Gasteiger partial charge in [-0.05, 0) is 38.2 Å². The minimum Gasteiger partial charge on any atom is -0.330 e. The first-order chi connectivity index (χ1) is 13.6. The maximum Gasteiger partial charge on any atom is 0.266 e. The molecule has 4 nitrogen and oxygen atoms in total. The number of thiazole rings is 1. The lowest BCUT2D eigenvalue weighted by molar-refractivity contribution is 0.0616. The van der Waals surface area contributed by atoms with Gasteiger partial charge in [0.05, 0.1) is 11.2 Å². The monoisotopic (exact) mass is 395 g/mol. The fraction of sp³-hybridized carbons (Fsp3) is 0.565. The maximum atomic E-state index is 13.7. The number of carbonyl (C=O) groups is 1. The Morgan fingerprint density at radius 2 is 2.07 bits per heavy atom. The molecule has 2 saturated heterocycles. The SMILES string of the molecule is Cc1ncsc1C(=O)N1[C@H]2CCCC[C@H]3N[C@@H](Cc4ccccc4)[C@@H]1C[C@@]23C. The van der Waals surface area contributed by atoms with Crippen molar-refractivity contribution in [3.63, 3.8) is 0 Å². The second-order valence-corrected chi connectivity index (χ2v) is 9.93. The number of carbonyl (C=O) groups excluding carboxylic acids is 1. The number of aryl methyl sites for hydroxylation is 1. The summed E-state index contributed by atoms with van der Waals surface area (Å²) in [6.45, 7) is 4.39. The van der Waals surface area contributed by atoms with Crippen molar-refractivity contribution in [1.29, 1.82) is 0 Å². The van der Waals surface area contributed by atoms with Crippen LogP contribution in [0.2, 0.25) is 0 Å². The Morgan fingerprint density at radius 1 is 1.29 bits per heavy atom. The predicted octanol–water partition coefficient (Wildman–Crippen LogP) is 4.20. The van der Waals surface area contributed by atoms with Crippen LogP contribution in [0.1, 0.15) is 60.0 Å². The molecule has 148 valence electrons. The van der Waals surface area contributed by atoms with Gasteiger partial charge in [0.15, 0.2) is 0 Å². The molecule has 0 radical (unpaired) electrons. The van der Waals surface area contributed by atoms with Gasteiger partial charge in [-0.1, -0.05) is 50.1 Å². The smallest absolute Gasteiger partial charge is 0.266 e. The van der Waals surface area contributed by atoms with Gasteiger partial charge in [0.1, 0.15) is 4.88 Å². The Balaban J connectivity index is 1.53. The molecule has 3 aliphatic rings. The molecule has 1 amide bonds. The van der Waals surface area contributed by atoms with Gasteiger partial charge in [-0.25, -0.2) is 4.98 Å². The van der Waals surface area contributed by atoms with Gasteiger partial charge in [0.2, 0.25) is 0 Å². The third-order valence-corrected chi connectivity index (χ3v) is 8.39. The van der Waals surface area contributed by atoms with Crippen LogP contribution in [0, 0.1) is 12.3 Å². The largest absolute Gasteiger partial charge is 0.330 e. The van der Waals surface area contributed by atoms with Crippen molar-refractivity contribution in [2.75, 3.05) is 0 Å². The molecule has 2 aliphatic heterocycles. The summed E-state index contributed by atoms with van der Waals surface area (Å²) in [5.74, 6) is 0.209. The Labute approximate surface area is 171 Å². The molecule has 1 saturated carbocycles. The van der Waals surface area contributed by atoms with E-state index < -0.39 is 0 Å². The number of nitrogens with zero attached hydrogens (tertiary/aromatic N) is 2. The van der Waals surface area contributed by atoms with Gasteiger partial charge in [0, 0.05) is 29.6 Å². The third-order valence-electron chi connectivity index (χ3n) is 7.47. The van der Waals surface area contributed by atoms with Gasteiger partial charge < -0.3 is 10.2 Å². The molecular weight excluding hydrogens is 366 g/mol. The molecule has 1 aromatic heterocycles. The third kappa shape index (κ3) is 2.82. The number of aromatic nitrogens is 1. The van der Waals surface area contributed by atoms with Crippen LogP contribution in [0.3, 0.4) is 0 Å². The van der Waals surface area contributed by atoms with Crippen molar-refractivity contribution in [3.8, 4) is 0 Å². The molecular formula is C23H29N3OS. The van der Waals surface area contributed by atoms with Crippen molar-refractivity contribution in [2.24, 2.45) is 5.41 Å². The highest BCUT2D eigenvalue weighted by atomic mass is 32.1. The van der Waals surface area contributed by atoms with Crippen LogP contribution in [-0.2, 0) is 6.42 Å². The fourth-order valence-corrected chi connectivity index (χ4v) is 6.80. The van der Waals surface area contributed by atoms with E-state index >= 15 is 0 Å². The Kier molecular flexibility index (Phi) is 4.55. The lowest BCUT2D eigenvalue weighted by Gasteiger charge is -2.43. The van der Waals surface area contributed by atoms with Crippen LogP contribution >= 0.6 is 11.3 Å². The molecule has 5 rings (SSSR count). The van der Waals surface area contributed by atoms with Gasteiger partial charge in [0.25, 0.3) is 5.91 Å². The predicted molar refractivity (Wildman–Crippen MR) is 113 cm³/mol. The lowest BCUT2D eigenvalue weighted by atomic mass is 9.70. The van der Waals surface area contributed by atoms with Crippen LogP contribution in [-0.4, -0.2) is 40.0 Å². The first kappa shape index (κ1) is 18.3. The Bertz CT molecular complexity index is 866. The first-order valence-corrected chi connectivity index (χ1v) is 11.5. The molecule has 0 spiro atoms. The number of nitrogens with one attached hydrogen (secondary N) is 1. The second kappa shape index (κ2) is 6.96. The van der Waals surface area contributed by atoms with Crippen LogP contribution in [0.15, 0.2) is 35.8 Å². The first-order valence-electron chi connectivity index (χ1n) is 10.6. The number of hydrogen-bond acceptors (Lipinski definition) is 4.